The van der Waals surface area contributed by atoms with E-state index in [9.17, 15) is 4.79 Å². The number of thiazole rings is 1. The zero-order valence-corrected chi connectivity index (χ0v) is 11.3. The van der Waals surface area contributed by atoms with Gasteiger partial charge in [-0.15, -0.1) is 11.3 Å². The largest absolute Gasteiger partial charge is 0.297 e. The van der Waals surface area contributed by atoms with Crippen molar-refractivity contribution in [2.75, 3.05) is 0 Å². The molecule has 0 aromatic carbocycles. The van der Waals surface area contributed by atoms with E-state index in [1.54, 1.807) is 11.3 Å². The molecule has 2 nitrogen and oxygen atoms in total. The third-order valence-electron chi connectivity index (χ3n) is 2.85. The van der Waals surface area contributed by atoms with Crippen molar-refractivity contribution in [2.45, 2.75) is 58.8 Å². The van der Waals surface area contributed by atoms with Gasteiger partial charge in [0, 0.05) is 5.92 Å². The fourth-order valence-corrected chi connectivity index (χ4v) is 2.96. The number of aldehydes is 1. The van der Waals surface area contributed by atoms with Gasteiger partial charge in [-0.25, -0.2) is 4.98 Å². The van der Waals surface area contributed by atoms with Crippen molar-refractivity contribution in [3.63, 3.8) is 0 Å². The van der Waals surface area contributed by atoms with Gasteiger partial charge in [0.05, 0.1) is 15.6 Å². The molecule has 0 spiro atoms. The Bertz CT molecular complexity index is 333. The minimum atomic E-state index is 0.558. The fraction of sp³-hybridized carbons (Fsp3) is 0.692. The third kappa shape index (κ3) is 3.41. The molecule has 0 N–H and O–H groups in total. The van der Waals surface area contributed by atoms with Gasteiger partial charge in [-0.1, -0.05) is 33.1 Å². The van der Waals surface area contributed by atoms with Crippen LogP contribution in [0.15, 0.2) is 0 Å². The molecule has 0 aliphatic rings. The number of aromatic nitrogens is 1. The van der Waals surface area contributed by atoms with E-state index >= 15 is 0 Å². The second-order valence-corrected chi connectivity index (χ2v) is 5.31. The molecular weight excluding hydrogens is 218 g/mol. The van der Waals surface area contributed by atoms with Crippen LogP contribution < -0.4 is 0 Å². The molecule has 0 aliphatic carbocycles. The first kappa shape index (κ1) is 13.4. The predicted molar refractivity (Wildman–Crippen MR) is 69.4 cm³/mol. The van der Waals surface area contributed by atoms with Gasteiger partial charge in [0.25, 0.3) is 0 Å². The van der Waals surface area contributed by atoms with Crippen LogP contribution in [-0.2, 0) is 0 Å². The maximum Gasteiger partial charge on any atom is 0.161 e. The van der Waals surface area contributed by atoms with Gasteiger partial charge in [-0.3, -0.25) is 4.79 Å². The first-order valence-corrected chi connectivity index (χ1v) is 6.97. The Balaban J connectivity index is 2.78. The van der Waals surface area contributed by atoms with Gasteiger partial charge in [0.15, 0.2) is 6.29 Å². The molecular formula is C13H21NOS. The second kappa shape index (κ2) is 6.79. The maximum absolute atomic E-state index is 10.8. The van der Waals surface area contributed by atoms with Gasteiger partial charge in [0.2, 0.25) is 0 Å². The Labute approximate surface area is 102 Å². The zero-order valence-electron chi connectivity index (χ0n) is 10.5. The molecule has 1 unspecified atom stereocenters. The van der Waals surface area contributed by atoms with Crippen molar-refractivity contribution >= 4 is 17.6 Å². The highest BCUT2D eigenvalue weighted by Gasteiger charge is 2.16. The van der Waals surface area contributed by atoms with Crippen molar-refractivity contribution in [2.24, 2.45) is 0 Å². The number of nitrogens with zero attached hydrogens (tertiary/aromatic N) is 1. The van der Waals surface area contributed by atoms with Crippen molar-refractivity contribution < 1.29 is 4.79 Å². The molecule has 1 aromatic heterocycles. The lowest BCUT2D eigenvalue weighted by atomic mass is 9.98. The Hall–Kier alpha value is -0.700. The average Bonchev–Trinajstić information content (AvgIpc) is 2.65. The van der Waals surface area contributed by atoms with Gasteiger partial charge < -0.3 is 0 Å². The van der Waals surface area contributed by atoms with Gasteiger partial charge in [-0.05, 0) is 19.8 Å². The van der Waals surface area contributed by atoms with Crippen LogP contribution in [0.25, 0.3) is 0 Å². The Morgan fingerprint density at radius 2 is 2.06 bits per heavy atom. The van der Waals surface area contributed by atoms with E-state index in [0.717, 1.165) is 21.9 Å². The van der Waals surface area contributed by atoms with Crippen molar-refractivity contribution in [1.29, 1.82) is 0 Å². The van der Waals surface area contributed by atoms with Crippen LogP contribution in [0.5, 0.6) is 0 Å². The van der Waals surface area contributed by atoms with Crippen LogP contribution in [0, 0.1) is 6.92 Å². The minimum Gasteiger partial charge on any atom is -0.297 e. The lowest BCUT2D eigenvalue weighted by Crippen LogP contribution is -1.98. The highest BCUT2D eigenvalue weighted by atomic mass is 32.1. The van der Waals surface area contributed by atoms with Crippen LogP contribution in [0.1, 0.15) is 72.2 Å². The molecule has 0 saturated heterocycles. The quantitative estimate of drug-likeness (QED) is 0.663. The molecule has 16 heavy (non-hydrogen) atoms. The molecule has 3 heteroatoms. The highest BCUT2D eigenvalue weighted by Crippen LogP contribution is 2.31. The van der Waals surface area contributed by atoms with E-state index in [-0.39, 0.29) is 0 Å². The van der Waals surface area contributed by atoms with Crippen LogP contribution in [0.2, 0.25) is 0 Å². The summed E-state index contributed by atoms with van der Waals surface area (Å²) in [5.74, 6) is 0.558. The maximum atomic E-state index is 10.8. The van der Waals surface area contributed by atoms with E-state index in [4.69, 9.17) is 0 Å². The van der Waals surface area contributed by atoms with E-state index in [2.05, 4.69) is 18.8 Å². The van der Waals surface area contributed by atoms with Crippen molar-refractivity contribution in [1.82, 2.24) is 4.98 Å². The normalized spacial score (nSPS) is 12.7. The molecule has 1 atom stereocenters. The summed E-state index contributed by atoms with van der Waals surface area (Å²) in [7, 11) is 0. The predicted octanol–water partition coefficient (Wildman–Crippen LogP) is 4.34. The topological polar surface area (TPSA) is 30.0 Å². The molecule has 0 fully saturated rings. The van der Waals surface area contributed by atoms with E-state index in [1.807, 2.05) is 6.92 Å². The molecule has 90 valence electrons. The molecule has 0 aliphatic heterocycles. The molecule has 0 amide bonds. The summed E-state index contributed by atoms with van der Waals surface area (Å²) in [4.78, 5) is 16.1. The molecule has 1 aromatic rings. The van der Waals surface area contributed by atoms with E-state index in [0.29, 0.717) is 5.92 Å². The molecule has 1 heterocycles. The Morgan fingerprint density at radius 1 is 1.31 bits per heavy atom. The van der Waals surface area contributed by atoms with E-state index in [1.165, 1.54) is 32.1 Å². The summed E-state index contributed by atoms with van der Waals surface area (Å²) < 4.78 is 0. The van der Waals surface area contributed by atoms with Crippen LogP contribution in [0.3, 0.4) is 0 Å². The molecule has 0 saturated carbocycles. The van der Waals surface area contributed by atoms with Crippen LogP contribution in [0.4, 0.5) is 0 Å². The standard InChI is InChI=1S/C13H21NOS/c1-4-6-8-11(7-5-2)13-14-10(3)12(9-15)16-13/h9,11H,4-8H2,1-3H3. The average molecular weight is 239 g/mol. The molecule has 0 radical (unpaired) electrons. The Morgan fingerprint density at radius 3 is 2.56 bits per heavy atom. The first-order valence-electron chi connectivity index (χ1n) is 6.15. The summed E-state index contributed by atoms with van der Waals surface area (Å²) >= 11 is 1.58. The number of rotatable bonds is 7. The summed E-state index contributed by atoms with van der Waals surface area (Å²) in [6.45, 7) is 6.35. The number of carbonyl (C=O) groups excluding carboxylic acids is 1. The Kier molecular flexibility index (Phi) is 5.67. The summed E-state index contributed by atoms with van der Waals surface area (Å²) in [6.07, 6.45) is 6.98. The van der Waals surface area contributed by atoms with Crippen molar-refractivity contribution in [3.05, 3.63) is 15.6 Å². The monoisotopic (exact) mass is 239 g/mol. The lowest BCUT2D eigenvalue weighted by molar-refractivity contribution is 0.112. The smallest absolute Gasteiger partial charge is 0.161 e. The summed E-state index contributed by atoms with van der Waals surface area (Å²) in [5, 5.41) is 1.16. The van der Waals surface area contributed by atoms with E-state index < -0.39 is 0 Å². The lowest BCUT2D eigenvalue weighted by Gasteiger charge is -2.12. The summed E-state index contributed by atoms with van der Waals surface area (Å²) in [6, 6.07) is 0. The third-order valence-corrected chi connectivity index (χ3v) is 4.09. The number of hydrogen-bond acceptors (Lipinski definition) is 3. The van der Waals surface area contributed by atoms with Gasteiger partial charge in [-0.2, -0.15) is 0 Å². The number of unbranched alkanes of at least 4 members (excludes halogenated alkanes) is 1. The summed E-state index contributed by atoms with van der Waals surface area (Å²) in [5.41, 5.74) is 0.896. The number of hydrogen-bond donors (Lipinski definition) is 0. The molecule has 1 rings (SSSR count). The number of carbonyl (C=O) groups is 1. The van der Waals surface area contributed by atoms with Crippen LogP contribution in [-0.4, -0.2) is 11.3 Å². The van der Waals surface area contributed by atoms with Crippen molar-refractivity contribution in [3.8, 4) is 0 Å². The second-order valence-electron chi connectivity index (χ2n) is 4.25. The SMILES string of the molecule is CCCCC(CCC)c1nc(C)c(C=O)s1. The first-order chi connectivity index (χ1) is 7.72. The molecule has 0 bridgehead atoms. The zero-order chi connectivity index (χ0) is 12.0. The van der Waals surface area contributed by atoms with Crippen LogP contribution >= 0.6 is 11.3 Å². The fourth-order valence-electron chi connectivity index (χ4n) is 1.90. The number of aryl methyl sites for hydroxylation is 1. The highest BCUT2D eigenvalue weighted by molar-refractivity contribution is 7.13. The van der Waals surface area contributed by atoms with Gasteiger partial charge in [0.1, 0.15) is 0 Å². The van der Waals surface area contributed by atoms with Gasteiger partial charge >= 0.3 is 0 Å². The minimum absolute atomic E-state index is 0.558.